The maximum Gasteiger partial charge on any atom is 0.142 e. The van der Waals surface area contributed by atoms with Crippen molar-refractivity contribution in [3.05, 3.63) is 47.2 Å². The molecule has 0 radical (unpaired) electrons. The zero-order valence-electron chi connectivity index (χ0n) is 9.21. The smallest absolute Gasteiger partial charge is 0.142 e. The topological polar surface area (TPSA) is 35.2 Å². The normalized spacial score (nSPS) is 10.3. The van der Waals surface area contributed by atoms with Crippen molar-refractivity contribution < 1.29 is 9.13 Å². The summed E-state index contributed by atoms with van der Waals surface area (Å²) in [5.74, 6) is 0.211. The van der Waals surface area contributed by atoms with Crippen molar-refractivity contribution in [1.82, 2.24) is 0 Å². The third-order valence-corrected chi connectivity index (χ3v) is 2.80. The Morgan fingerprint density at radius 3 is 2.65 bits per heavy atom. The number of anilines is 1. The second-order valence-corrected chi connectivity index (χ2v) is 3.99. The third-order valence-electron chi connectivity index (χ3n) is 2.47. The van der Waals surface area contributed by atoms with Crippen LogP contribution in [0.3, 0.4) is 0 Å². The van der Waals surface area contributed by atoms with Gasteiger partial charge in [-0.3, -0.25) is 0 Å². The second kappa shape index (κ2) is 4.63. The average molecular weight is 252 g/mol. The van der Waals surface area contributed by atoms with Crippen LogP contribution in [0.4, 0.5) is 10.1 Å². The van der Waals surface area contributed by atoms with Crippen LogP contribution in [-0.2, 0) is 0 Å². The molecular formula is C13H11ClFNO. The Balaban J connectivity index is 2.56. The van der Waals surface area contributed by atoms with Crippen molar-refractivity contribution in [2.24, 2.45) is 0 Å². The number of methoxy groups -OCH3 is 1. The lowest BCUT2D eigenvalue weighted by Crippen LogP contribution is -1.92. The molecule has 2 rings (SSSR count). The first-order chi connectivity index (χ1) is 8.11. The first-order valence-corrected chi connectivity index (χ1v) is 5.38. The molecule has 0 aromatic heterocycles. The Hall–Kier alpha value is -1.74. The lowest BCUT2D eigenvalue weighted by molar-refractivity contribution is 0.417. The number of nitrogen functional groups attached to an aromatic ring is 1. The van der Waals surface area contributed by atoms with E-state index >= 15 is 0 Å². The summed E-state index contributed by atoms with van der Waals surface area (Å²) in [6.07, 6.45) is 0. The zero-order valence-corrected chi connectivity index (χ0v) is 9.96. The van der Waals surface area contributed by atoms with Crippen molar-refractivity contribution in [2.45, 2.75) is 0 Å². The monoisotopic (exact) mass is 251 g/mol. The van der Waals surface area contributed by atoms with E-state index in [4.69, 9.17) is 22.1 Å². The van der Waals surface area contributed by atoms with E-state index in [1.165, 1.54) is 25.3 Å². The number of nitrogens with two attached hydrogens (primary N) is 1. The Bertz CT molecular complexity index is 557. The third kappa shape index (κ3) is 2.34. The molecule has 0 aliphatic carbocycles. The minimum Gasteiger partial charge on any atom is -0.495 e. The van der Waals surface area contributed by atoms with E-state index in [0.717, 1.165) is 5.56 Å². The van der Waals surface area contributed by atoms with E-state index in [2.05, 4.69) is 0 Å². The quantitative estimate of drug-likeness (QED) is 0.826. The number of rotatable bonds is 2. The fourth-order valence-corrected chi connectivity index (χ4v) is 1.82. The first-order valence-electron chi connectivity index (χ1n) is 5.01. The largest absolute Gasteiger partial charge is 0.495 e. The molecule has 0 saturated carbocycles. The summed E-state index contributed by atoms with van der Waals surface area (Å²) in [6.45, 7) is 0. The van der Waals surface area contributed by atoms with Crippen LogP contribution in [0.1, 0.15) is 0 Å². The van der Waals surface area contributed by atoms with Crippen LogP contribution in [0.15, 0.2) is 36.4 Å². The van der Waals surface area contributed by atoms with E-state index in [9.17, 15) is 4.39 Å². The lowest BCUT2D eigenvalue weighted by atomic mass is 10.0. The second-order valence-electron chi connectivity index (χ2n) is 3.58. The Morgan fingerprint density at radius 2 is 1.94 bits per heavy atom. The molecule has 4 heteroatoms. The highest BCUT2D eigenvalue weighted by atomic mass is 35.5. The molecule has 0 amide bonds. The van der Waals surface area contributed by atoms with E-state index in [-0.39, 0.29) is 5.82 Å². The van der Waals surface area contributed by atoms with Gasteiger partial charge in [0.05, 0.1) is 12.8 Å². The molecular weight excluding hydrogens is 241 g/mol. The summed E-state index contributed by atoms with van der Waals surface area (Å²) in [6, 6.07) is 9.44. The molecule has 0 unspecified atom stereocenters. The van der Waals surface area contributed by atoms with Gasteiger partial charge < -0.3 is 10.5 Å². The van der Waals surface area contributed by atoms with E-state index in [0.29, 0.717) is 22.0 Å². The molecule has 0 bridgehead atoms. The van der Waals surface area contributed by atoms with Gasteiger partial charge in [0.2, 0.25) is 0 Å². The van der Waals surface area contributed by atoms with Crippen molar-refractivity contribution in [1.29, 1.82) is 0 Å². The van der Waals surface area contributed by atoms with E-state index < -0.39 is 0 Å². The molecule has 2 nitrogen and oxygen atoms in total. The molecule has 0 aliphatic heterocycles. The van der Waals surface area contributed by atoms with Crippen LogP contribution in [-0.4, -0.2) is 7.11 Å². The van der Waals surface area contributed by atoms with Crippen molar-refractivity contribution >= 4 is 17.3 Å². The van der Waals surface area contributed by atoms with Crippen LogP contribution in [0.25, 0.3) is 11.1 Å². The molecule has 0 fully saturated rings. The van der Waals surface area contributed by atoms with Gasteiger partial charge in [-0.05, 0) is 35.9 Å². The minimum absolute atomic E-state index is 0.333. The number of hydrogen-bond acceptors (Lipinski definition) is 2. The summed E-state index contributed by atoms with van der Waals surface area (Å²) < 4.78 is 18.3. The fourth-order valence-electron chi connectivity index (χ4n) is 1.60. The first kappa shape index (κ1) is 11.7. The van der Waals surface area contributed by atoms with Gasteiger partial charge in [0.25, 0.3) is 0 Å². The summed E-state index contributed by atoms with van der Waals surface area (Å²) in [7, 11) is 1.53. The average Bonchev–Trinajstić information content (AvgIpc) is 2.33. The van der Waals surface area contributed by atoms with Gasteiger partial charge in [-0.25, -0.2) is 4.39 Å². The molecule has 17 heavy (non-hydrogen) atoms. The molecule has 0 heterocycles. The molecule has 0 atom stereocenters. The van der Waals surface area contributed by atoms with Gasteiger partial charge in [0.1, 0.15) is 11.6 Å². The van der Waals surface area contributed by atoms with Gasteiger partial charge in [-0.15, -0.1) is 0 Å². The van der Waals surface area contributed by atoms with Gasteiger partial charge >= 0.3 is 0 Å². The van der Waals surface area contributed by atoms with Crippen molar-refractivity contribution in [3.63, 3.8) is 0 Å². The van der Waals surface area contributed by atoms with Crippen molar-refractivity contribution in [2.75, 3.05) is 12.8 Å². The predicted octanol–water partition coefficient (Wildman–Crippen LogP) is 3.74. The zero-order chi connectivity index (χ0) is 12.4. The summed E-state index contributed by atoms with van der Waals surface area (Å²) >= 11 is 6.03. The van der Waals surface area contributed by atoms with E-state index in [1.54, 1.807) is 18.2 Å². The van der Waals surface area contributed by atoms with Gasteiger partial charge in [-0.1, -0.05) is 17.7 Å². The van der Waals surface area contributed by atoms with Crippen LogP contribution in [0, 0.1) is 5.82 Å². The van der Waals surface area contributed by atoms with Gasteiger partial charge in [0.15, 0.2) is 0 Å². The SMILES string of the molecule is COc1cc(-c2cc(F)ccc2Cl)ccc1N. The maximum atomic E-state index is 13.2. The molecule has 2 aromatic carbocycles. The molecule has 0 saturated heterocycles. The molecule has 0 spiro atoms. The fraction of sp³-hybridized carbons (Fsp3) is 0.0769. The highest BCUT2D eigenvalue weighted by Crippen LogP contribution is 2.33. The van der Waals surface area contributed by atoms with Crippen molar-refractivity contribution in [3.8, 4) is 16.9 Å². The minimum atomic E-state index is -0.333. The number of halogens is 2. The highest BCUT2D eigenvalue weighted by molar-refractivity contribution is 6.33. The maximum absolute atomic E-state index is 13.2. The van der Waals surface area contributed by atoms with Crippen LogP contribution >= 0.6 is 11.6 Å². The van der Waals surface area contributed by atoms with Gasteiger partial charge in [-0.2, -0.15) is 0 Å². The highest BCUT2D eigenvalue weighted by Gasteiger charge is 2.07. The molecule has 2 N–H and O–H groups in total. The van der Waals surface area contributed by atoms with Gasteiger partial charge in [0, 0.05) is 10.6 Å². The Morgan fingerprint density at radius 1 is 1.18 bits per heavy atom. The van der Waals surface area contributed by atoms with Crippen LogP contribution in [0.2, 0.25) is 5.02 Å². The van der Waals surface area contributed by atoms with Crippen LogP contribution < -0.4 is 10.5 Å². The summed E-state index contributed by atoms with van der Waals surface area (Å²) in [5, 5.41) is 0.484. The number of hydrogen-bond donors (Lipinski definition) is 1. The van der Waals surface area contributed by atoms with E-state index in [1.807, 2.05) is 0 Å². The number of benzene rings is 2. The lowest BCUT2D eigenvalue weighted by Gasteiger charge is -2.09. The Kier molecular flexibility index (Phi) is 3.20. The molecule has 0 aliphatic rings. The predicted molar refractivity (Wildman–Crippen MR) is 67.8 cm³/mol. The number of ether oxygens (including phenoxy) is 1. The molecule has 88 valence electrons. The standard InChI is InChI=1S/C13H11ClFNO/c1-17-13-6-8(2-5-12(13)16)10-7-9(15)3-4-11(10)14/h2-7H,16H2,1H3. The van der Waals surface area contributed by atoms with Crippen LogP contribution in [0.5, 0.6) is 5.75 Å². The summed E-state index contributed by atoms with van der Waals surface area (Å²) in [5.41, 5.74) is 7.63. The molecule has 2 aromatic rings. The Labute approximate surface area is 104 Å². The summed E-state index contributed by atoms with van der Waals surface area (Å²) in [4.78, 5) is 0.